The SMILES string of the molecule is CNc1ncc2c(-c3ccc(F)c(Cl)c3)cc(Br)c(OC)c2n1. The molecule has 23 heavy (non-hydrogen) atoms. The van der Waals surface area contributed by atoms with Gasteiger partial charge in [-0.3, -0.25) is 0 Å². The molecule has 0 atom stereocenters. The van der Waals surface area contributed by atoms with E-state index in [2.05, 4.69) is 31.2 Å². The minimum Gasteiger partial charge on any atom is -0.493 e. The summed E-state index contributed by atoms with van der Waals surface area (Å²) in [6.07, 6.45) is 1.70. The van der Waals surface area contributed by atoms with Crippen LogP contribution in [0, 0.1) is 5.82 Å². The van der Waals surface area contributed by atoms with Gasteiger partial charge in [-0.1, -0.05) is 17.7 Å². The van der Waals surface area contributed by atoms with Gasteiger partial charge in [-0.05, 0) is 45.3 Å². The monoisotopic (exact) mass is 395 g/mol. The van der Waals surface area contributed by atoms with Crippen molar-refractivity contribution in [1.82, 2.24) is 9.97 Å². The molecular formula is C16H12BrClFN3O. The van der Waals surface area contributed by atoms with Crippen LogP contribution in [0.25, 0.3) is 22.0 Å². The lowest BCUT2D eigenvalue weighted by atomic mass is 10.0. The van der Waals surface area contributed by atoms with Crippen LogP contribution in [0.2, 0.25) is 5.02 Å². The number of hydrogen-bond donors (Lipinski definition) is 1. The number of ether oxygens (including phenoxy) is 1. The Labute approximate surface area is 145 Å². The third kappa shape index (κ3) is 2.84. The predicted molar refractivity (Wildman–Crippen MR) is 93.7 cm³/mol. The molecule has 118 valence electrons. The van der Waals surface area contributed by atoms with Gasteiger partial charge >= 0.3 is 0 Å². The number of nitrogens with one attached hydrogen (secondary N) is 1. The summed E-state index contributed by atoms with van der Waals surface area (Å²) < 4.78 is 19.6. The maximum atomic E-state index is 13.4. The fourth-order valence-corrected chi connectivity index (χ4v) is 3.11. The van der Waals surface area contributed by atoms with E-state index in [-0.39, 0.29) is 5.02 Å². The molecule has 0 aliphatic rings. The molecule has 0 saturated heterocycles. The first kappa shape index (κ1) is 16.0. The second-order valence-corrected chi connectivity index (χ2v) is 6.04. The van der Waals surface area contributed by atoms with E-state index in [1.165, 1.54) is 6.07 Å². The lowest BCUT2D eigenvalue weighted by molar-refractivity contribution is 0.416. The molecule has 0 amide bonds. The van der Waals surface area contributed by atoms with Crippen molar-refractivity contribution in [1.29, 1.82) is 0 Å². The van der Waals surface area contributed by atoms with Crippen molar-refractivity contribution in [2.45, 2.75) is 0 Å². The van der Waals surface area contributed by atoms with E-state index in [0.29, 0.717) is 17.2 Å². The number of halogens is 3. The van der Waals surface area contributed by atoms with Gasteiger partial charge < -0.3 is 10.1 Å². The van der Waals surface area contributed by atoms with Crippen LogP contribution < -0.4 is 10.1 Å². The van der Waals surface area contributed by atoms with Gasteiger partial charge in [0.05, 0.1) is 16.6 Å². The Morgan fingerprint density at radius 3 is 2.74 bits per heavy atom. The van der Waals surface area contributed by atoms with E-state index in [4.69, 9.17) is 16.3 Å². The summed E-state index contributed by atoms with van der Waals surface area (Å²) in [6, 6.07) is 6.47. The Bertz CT molecular complexity index is 904. The average Bonchev–Trinajstić information content (AvgIpc) is 2.56. The number of aromatic nitrogens is 2. The Morgan fingerprint density at radius 2 is 2.09 bits per heavy atom. The maximum Gasteiger partial charge on any atom is 0.223 e. The van der Waals surface area contributed by atoms with Crippen molar-refractivity contribution in [2.24, 2.45) is 0 Å². The van der Waals surface area contributed by atoms with Gasteiger partial charge in [-0.2, -0.15) is 0 Å². The zero-order valence-corrected chi connectivity index (χ0v) is 14.7. The van der Waals surface area contributed by atoms with Crippen molar-refractivity contribution < 1.29 is 9.13 Å². The quantitative estimate of drug-likeness (QED) is 0.684. The van der Waals surface area contributed by atoms with Crippen molar-refractivity contribution >= 4 is 44.4 Å². The third-order valence-electron chi connectivity index (χ3n) is 3.44. The molecule has 0 fully saturated rings. The highest BCUT2D eigenvalue weighted by Crippen LogP contribution is 2.40. The number of rotatable bonds is 3. The summed E-state index contributed by atoms with van der Waals surface area (Å²) >= 11 is 9.40. The molecule has 1 aromatic heterocycles. The molecule has 0 bridgehead atoms. The number of anilines is 1. The fourth-order valence-electron chi connectivity index (χ4n) is 2.35. The van der Waals surface area contributed by atoms with E-state index in [0.717, 1.165) is 21.0 Å². The molecular weight excluding hydrogens is 385 g/mol. The number of fused-ring (bicyclic) bond motifs is 1. The topological polar surface area (TPSA) is 47.0 Å². The van der Waals surface area contributed by atoms with Crippen LogP contribution in [0.4, 0.5) is 10.3 Å². The number of nitrogens with zero attached hydrogens (tertiary/aromatic N) is 2. The standard InChI is InChI=1S/C16H12BrClFN3O/c1-20-16-21-7-10-9(8-3-4-13(19)12(18)5-8)6-11(17)15(23-2)14(10)22-16/h3-7H,1-2H3,(H,20,21,22). The van der Waals surface area contributed by atoms with E-state index >= 15 is 0 Å². The molecule has 7 heteroatoms. The van der Waals surface area contributed by atoms with Crippen LogP contribution in [0.1, 0.15) is 0 Å². The van der Waals surface area contributed by atoms with Crippen LogP contribution in [0.15, 0.2) is 34.9 Å². The molecule has 1 N–H and O–H groups in total. The first-order chi connectivity index (χ1) is 11.0. The minimum atomic E-state index is -0.457. The fraction of sp³-hybridized carbons (Fsp3) is 0.125. The second-order valence-electron chi connectivity index (χ2n) is 4.77. The van der Waals surface area contributed by atoms with Gasteiger partial charge in [0.25, 0.3) is 0 Å². The predicted octanol–water partition coefficient (Wildman–Crippen LogP) is 4.90. The van der Waals surface area contributed by atoms with Gasteiger partial charge in [0.1, 0.15) is 11.3 Å². The number of methoxy groups -OCH3 is 1. The molecule has 0 radical (unpaired) electrons. The number of hydrogen-bond acceptors (Lipinski definition) is 4. The van der Waals surface area contributed by atoms with Crippen LogP contribution >= 0.6 is 27.5 Å². The van der Waals surface area contributed by atoms with Crippen LogP contribution in [-0.2, 0) is 0 Å². The van der Waals surface area contributed by atoms with Crippen molar-refractivity contribution in [3.8, 4) is 16.9 Å². The summed E-state index contributed by atoms with van der Waals surface area (Å²) in [4.78, 5) is 8.72. The molecule has 0 spiro atoms. The molecule has 0 saturated carbocycles. The van der Waals surface area contributed by atoms with Crippen LogP contribution in [-0.4, -0.2) is 24.1 Å². The lowest BCUT2D eigenvalue weighted by Crippen LogP contribution is -1.99. The zero-order valence-electron chi connectivity index (χ0n) is 12.3. The summed E-state index contributed by atoms with van der Waals surface area (Å²) in [6.45, 7) is 0. The summed E-state index contributed by atoms with van der Waals surface area (Å²) in [5.74, 6) is 0.633. The summed E-state index contributed by atoms with van der Waals surface area (Å²) in [7, 11) is 3.32. The van der Waals surface area contributed by atoms with Crippen LogP contribution in [0.5, 0.6) is 5.75 Å². The Hall–Kier alpha value is -1.92. The first-order valence-electron chi connectivity index (χ1n) is 6.71. The summed E-state index contributed by atoms with van der Waals surface area (Å²) in [5.41, 5.74) is 2.25. The maximum absolute atomic E-state index is 13.4. The van der Waals surface area contributed by atoms with Crippen LogP contribution in [0.3, 0.4) is 0 Å². The third-order valence-corrected chi connectivity index (χ3v) is 4.32. The second kappa shape index (κ2) is 6.29. The molecule has 2 aromatic carbocycles. The minimum absolute atomic E-state index is 0.0651. The van der Waals surface area contributed by atoms with Crippen molar-refractivity contribution in [3.63, 3.8) is 0 Å². The van der Waals surface area contributed by atoms with E-state index in [1.54, 1.807) is 32.5 Å². The van der Waals surface area contributed by atoms with Crippen molar-refractivity contribution in [3.05, 3.63) is 45.8 Å². The van der Waals surface area contributed by atoms with Gasteiger partial charge in [-0.15, -0.1) is 0 Å². The molecule has 4 nitrogen and oxygen atoms in total. The molecule has 0 aliphatic heterocycles. The van der Waals surface area contributed by atoms with Gasteiger partial charge in [0, 0.05) is 18.6 Å². The normalized spacial score (nSPS) is 10.8. The van der Waals surface area contributed by atoms with E-state index < -0.39 is 5.82 Å². The van der Waals surface area contributed by atoms with Crippen molar-refractivity contribution in [2.75, 3.05) is 19.5 Å². The lowest BCUT2D eigenvalue weighted by Gasteiger charge is -2.13. The van der Waals surface area contributed by atoms with E-state index in [9.17, 15) is 4.39 Å². The highest BCUT2D eigenvalue weighted by atomic mass is 79.9. The van der Waals surface area contributed by atoms with Gasteiger partial charge in [-0.25, -0.2) is 14.4 Å². The largest absolute Gasteiger partial charge is 0.493 e. The molecule has 0 aliphatic carbocycles. The summed E-state index contributed by atoms with van der Waals surface area (Å²) in [5, 5.41) is 3.75. The van der Waals surface area contributed by atoms with Gasteiger partial charge in [0.15, 0.2) is 5.75 Å². The molecule has 0 unspecified atom stereocenters. The molecule has 1 heterocycles. The highest BCUT2D eigenvalue weighted by molar-refractivity contribution is 9.10. The van der Waals surface area contributed by atoms with E-state index in [1.807, 2.05) is 6.07 Å². The average molecular weight is 397 g/mol. The Morgan fingerprint density at radius 1 is 1.30 bits per heavy atom. The number of benzene rings is 2. The molecule has 3 aromatic rings. The van der Waals surface area contributed by atoms with Gasteiger partial charge in [0.2, 0.25) is 5.95 Å². The first-order valence-corrected chi connectivity index (χ1v) is 7.88. The zero-order chi connectivity index (χ0) is 16.6. The Balaban J connectivity index is 2.35. The Kier molecular flexibility index (Phi) is 4.37. The smallest absolute Gasteiger partial charge is 0.223 e. The highest BCUT2D eigenvalue weighted by Gasteiger charge is 2.16. The molecule has 3 rings (SSSR count).